The molecule has 0 spiro atoms. The number of fused-ring (bicyclic) bond motifs is 1. The molecule has 1 aliphatic carbocycles. The maximum atomic E-state index is 12.4. The third-order valence-electron chi connectivity index (χ3n) is 4.14. The van der Waals surface area contributed by atoms with Gasteiger partial charge in [-0.3, -0.25) is 13.9 Å². The molecule has 1 aliphatic rings. The molecule has 0 radical (unpaired) electrons. The maximum absolute atomic E-state index is 12.4. The number of carbonyl (C=O) groups excluding carboxylic acids is 1. The SMILES string of the molecule is CC(=O)CCCCn1cnc2c1c(=O)n(C)c(=O)n2C1CC1. The molecule has 0 aliphatic heterocycles. The number of Topliss-reactive ketones (excluding diaryl/α,β-unsaturated/α-hetero) is 1. The van der Waals surface area contributed by atoms with Crippen molar-refractivity contribution in [2.45, 2.75) is 51.6 Å². The number of aryl methyl sites for hydroxylation is 1. The second-order valence-electron chi connectivity index (χ2n) is 6.02. The summed E-state index contributed by atoms with van der Waals surface area (Å²) in [6, 6.07) is 0.169. The first-order valence-electron chi connectivity index (χ1n) is 7.66. The Kier molecular flexibility index (Phi) is 3.72. The van der Waals surface area contributed by atoms with Crippen LogP contribution in [0.4, 0.5) is 0 Å². The summed E-state index contributed by atoms with van der Waals surface area (Å²) >= 11 is 0. The molecule has 0 saturated heterocycles. The molecule has 2 heterocycles. The smallest absolute Gasteiger partial charge is 0.325 e. The van der Waals surface area contributed by atoms with E-state index in [1.807, 2.05) is 0 Å². The summed E-state index contributed by atoms with van der Waals surface area (Å²) in [6.45, 7) is 2.21. The normalized spacial score (nSPS) is 14.6. The van der Waals surface area contributed by atoms with Crippen molar-refractivity contribution >= 4 is 16.9 Å². The van der Waals surface area contributed by atoms with E-state index in [4.69, 9.17) is 0 Å². The zero-order valence-electron chi connectivity index (χ0n) is 12.9. The molecule has 0 amide bonds. The first kappa shape index (κ1) is 14.7. The van der Waals surface area contributed by atoms with Gasteiger partial charge in [0.25, 0.3) is 5.56 Å². The van der Waals surface area contributed by atoms with E-state index >= 15 is 0 Å². The molecule has 2 aromatic rings. The van der Waals surface area contributed by atoms with Crippen LogP contribution in [0.5, 0.6) is 0 Å². The highest BCUT2D eigenvalue weighted by molar-refractivity contribution is 5.75. The van der Waals surface area contributed by atoms with Gasteiger partial charge in [-0.15, -0.1) is 0 Å². The van der Waals surface area contributed by atoms with Crippen molar-refractivity contribution in [1.29, 1.82) is 0 Å². The number of nitrogens with zero attached hydrogens (tertiary/aromatic N) is 4. The van der Waals surface area contributed by atoms with Crippen LogP contribution < -0.4 is 11.2 Å². The van der Waals surface area contributed by atoms with Gasteiger partial charge in [-0.25, -0.2) is 9.78 Å². The Bertz CT molecular complexity index is 839. The first-order chi connectivity index (χ1) is 10.5. The summed E-state index contributed by atoms with van der Waals surface area (Å²) in [4.78, 5) is 39.9. The molecule has 1 fully saturated rings. The number of ketones is 1. The van der Waals surface area contributed by atoms with Gasteiger partial charge in [0.15, 0.2) is 11.2 Å². The number of aromatic nitrogens is 4. The molecule has 7 nitrogen and oxygen atoms in total. The average molecular weight is 304 g/mol. The van der Waals surface area contributed by atoms with Gasteiger partial charge in [-0.05, 0) is 32.6 Å². The minimum Gasteiger partial charge on any atom is -0.325 e. The second-order valence-corrected chi connectivity index (χ2v) is 6.02. The van der Waals surface area contributed by atoms with Crippen LogP contribution in [0.15, 0.2) is 15.9 Å². The summed E-state index contributed by atoms with van der Waals surface area (Å²) in [5.74, 6) is 0.175. The summed E-state index contributed by atoms with van der Waals surface area (Å²) in [6.07, 6.45) is 5.68. The number of hydrogen-bond donors (Lipinski definition) is 0. The lowest BCUT2D eigenvalue weighted by Crippen LogP contribution is -2.38. The fourth-order valence-electron chi connectivity index (χ4n) is 2.75. The van der Waals surface area contributed by atoms with Crippen molar-refractivity contribution in [2.24, 2.45) is 7.05 Å². The molecule has 0 bridgehead atoms. The molecule has 22 heavy (non-hydrogen) atoms. The molecule has 2 aromatic heterocycles. The quantitative estimate of drug-likeness (QED) is 0.746. The van der Waals surface area contributed by atoms with Crippen molar-refractivity contribution in [1.82, 2.24) is 18.7 Å². The van der Waals surface area contributed by atoms with E-state index in [2.05, 4.69) is 4.98 Å². The minimum atomic E-state index is -0.305. The van der Waals surface area contributed by atoms with E-state index in [-0.39, 0.29) is 23.1 Å². The Morgan fingerprint density at radius 1 is 1.32 bits per heavy atom. The van der Waals surface area contributed by atoms with Gasteiger partial charge in [0.2, 0.25) is 0 Å². The van der Waals surface area contributed by atoms with Gasteiger partial charge in [-0.2, -0.15) is 0 Å². The number of carbonyl (C=O) groups is 1. The minimum absolute atomic E-state index is 0.169. The highest BCUT2D eigenvalue weighted by Gasteiger charge is 2.29. The Hall–Kier alpha value is -2.18. The van der Waals surface area contributed by atoms with Gasteiger partial charge in [0, 0.05) is 26.1 Å². The summed E-state index contributed by atoms with van der Waals surface area (Å²) in [5.41, 5.74) is 0.377. The van der Waals surface area contributed by atoms with Crippen LogP contribution in [0, 0.1) is 0 Å². The molecule has 1 saturated carbocycles. The molecule has 0 atom stereocenters. The van der Waals surface area contributed by atoms with Crippen molar-refractivity contribution in [3.8, 4) is 0 Å². The van der Waals surface area contributed by atoms with E-state index in [9.17, 15) is 14.4 Å². The number of imidazole rings is 1. The molecule has 0 aromatic carbocycles. The molecule has 3 rings (SSSR count). The van der Waals surface area contributed by atoms with Gasteiger partial charge < -0.3 is 9.36 Å². The number of hydrogen-bond acceptors (Lipinski definition) is 4. The fourth-order valence-corrected chi connectivity index (χ4v) is 2.75. The topological polar surface area (TPSA) is 78.9 Å². The third kappa shape index (κ3) is 2.51. The standard InChI is InChI=1S/C15H20N4O3/c1-10(20)5-3-4-8-18-9-16-13-12(18)14(21)17(2)15(22)19(13)11-6-7-11/h9,11H,3-8H2,1-2H3. The molecule has 7 heteroatoms. The summed E-state index contributed by atoms with van der Waals surface area (Å²) < 4.78 is 4.60. The summed E-state index contributed by atoms with van der Waals surface area (Å²) in [5, 5.41) is 0. The van der Waals surface area contributed by atoms with Crippen LogP contribution in [0.3, 0.4) is 0 Å². The Morgan fingerprint density at radius 2 is 2.05 bits per heavy atom. The van der Waals surface area contributed by atoms with Crippen LogP contribution >= 0.6 is 0 Å². The van der Waals surface area contributed by atoms with Crippen molar-refractivity contribution in [2.75, 3.05) is 0 Å². The van der Waals surface area contributed by atoms with E-state index in [0.717, 1.165) is 30.3 Å². The van der Waals surface area contributed by atoms with Gasteiger partial charge in [-0.1, -0.05) is 0 Å². The fraction of sp³-hybridized carbons (Fsp3) is 0.600. The van der Waals surface area contributed by atoms with Crippen LogP contribution in [0.1, 0.15) is 45.1 Å². The first-order valence-corrected chi connectivity index (χ1v) is 7.66. The molecule has 0 unspecified atom stereocenters. The highest BCUT2D eigenvalue weighted by Crippen LogP contribution is 2.34. The number of rotatable bonds is 6. The average Bonchev–Trinajstić information content (AvgIpc) is 3.21. The van der Waals surface area contributed by atoms with Crippen LogP contribution in [-0.2, 0) is 18.4 Å². The molecule has 0 N–H and O–H groups in total. The zero-order chi connectivity index (χ0) is 15.9. The lowest BCUT2D eigenvalue weighted by molar-refractivity contribution is -0.117. The maximum Gasteiger partial charge on any atom is 0.332 e. The predicted molar refractivity (Wildman–Crippen MR) is 82.0 cm³/mol. The van der Waals surface area contributed by atoms with E-state index in [0.29, 0.717) is 24.1 Å². The summed E-state index contributed by atoms with van der Waals surface area (Å²) in [7, 11) is 1.51. The Balaban J connectivity index is 1.98. The van der Waals surface area contributed by atoms with Crippen LogP contribution in [0.25, 0.3) is 11.2 Å². The molecule has 118 valence electrons. The largest absolute Gasteiger partial charge is 0.332 e. The van der Waals surface area contributed by atoms with E-state index in [1.165, 1.54) is 7.05 Å². The van der Waals surface area contributed by atoms with Gasteiger partial charge in [0.1, 0.15) is 5.78 Å². The van der Waals surface area contributed by atoms with Gasteiger partial charge >= 0.3 is 5.69 Å². The molecular formula is C15H20N4O3. The van der Waals surface area contributed by atoms with Crippen LogP contribution in [-0.4, -0.2) is 24.5 Å². The van der Waals surface area contributed by atoms with Crippen LogP contribution in [0.2, 0.25) is 0 Å². The Morgan fingerprint density at radius 3 is 2.68 bits per heavy atom. The van der Waals surface area contributed by atoms with Crippen molar-refractivity contribution in [3.05, 3.63) is 27.2 Å². The van der Waals surface area contributed by atoms with Crippen molar-refractivity contribution in [3.63, 3.8) is 0 Å². The molecular weight excluding hydrogens is 284 g/mol. The third-order valence-corrected chi connectivity index (χ3v) is 4.14. The second kappa shape index (κ2) is 5.55. The Labute approximate surface area is 127 Å². The lowest BCUT2D eigenvalue weighted by Gasteiger charge is -2.09. The monoisotopic (exact) mass is 304 g/mol. The highest BCUT2D eigenvalue weighted by atomic mass is 16.2. The lowest BCUT2D eigenvalue weighted by atomic mass is 10.2. The van der Waals surface area contributed by atoms with Crippen molar-refractivity contribution < 1.29 is 4.79 Å². The van der Waals surface area contributed by atoms with E-state index in [1.54, 1.807) is 22.4 Å². The number of unbranched alkanes of at least 4 members (excludes halogenated alkanes) is 1. The predicted octanol–water partition coefficient (Wildman–Crippen LogP) is 0.991. The van der Waals surface area contributed by atoms with Gasteiger partial charge in [0.05, 0.1) is 6.33 Å². The van der Waals surface area contributed by atoms with E-state index < -0.39 is 0 Å². The zero-order valence-corrected chi connectivity index (χ0v) is 12.9.